The molecule has 1 aliphatic heterocycles. The lowest BCUT2D eigenvalue weighted by Crippen LogP contribution is -2.63. The number of amides is 2. The number of rotatable bonds is 51. The Balaban J connectivity index is 2.95. The van der Waals surface area contributed by atoms with Crippen molar-refractivity contribution in [1.82, 2.24) is 19.6 Å². The number of likely N-dealkylation sites (tertiary alicyclic amines) is 1. The molecule has 0 radical (unpaired) electrons. The van der Waals surface area contributed by atoms with Gasteiger partial charge in [-0.2, -0.15) is 0 Å². The van der Waals surface area contributed by atoms with Crippen LogP contribution in [0, 0.1) is 11.8 Å². The number of esters is 2. The van der Waals surface area contributed by atoms with Crippen LogP contribution in [0.1, 0.15) is 300 Å². The van der Waals surface area contributed by atoms with E-state index in [-0.39, 0.29) is 54.5 Å². The Hall–Kier alpha value is -2.60. The van der Waals surface area contributed by atoms with Crippen molar-refractivity contribution in [1.29, 1.82) is 0 Å². The highest BCUT2D eigenvalue weighted by molar-refractivity contribution is 5.70. The molecule has 2 amide bonds. The molecule has 0 spiro atoms. The lowest BCUT2D eigenvalue weighted by molar-refractivity contribution is -0.146. The van der Waals surface area contributed by atoms with Crippen molar-refractivity contribution in [3.05, 3.63) is 0 Å². The molecule has 0 aliphatic carbocycles. The van der Waals surface area contributed by atoms with E-state index < -0.39 is 0 Å². The Morgan fingerprint density at radius 1 is 0.410 bits per heavy atom. The van der Waals surface area contributed by atoms with Crippen LogP contribution in [0.5, 0.6) is 0 Å². The van der Waals surface area contributed by atoms with Crippen molar-refractivity contribution in [2.75, 3.05) is 72.7 Å². The van der Waals surface area contributed by atoms with E-state index in [1.807, 2.05) is 9.80 Å². The van der Waals surface area contributed by atoms with Gasteiger partial charge < -0.3 is 28.7 Å². The topological polar surface area (TPSA) is 118 Å². The van der Waals surface area contributed by atoms with Gasteiger partial charge in [0, 0.05) is 69.2 Å². The fourth-order valence-electron chi connectivity index (χ4n) is 11.6. The Morgan fingerprint density at radius 3 is 1.03 bits per heavy atom. The monoisotopic (exact) mass is 1100 g/mol. The van der Waals surface area contributed by atoms with Crippen molar-refractivity contribution in [2.24, 2.45) is 11.8 Å². The van der Waals surface area contributed by atoms with Gasteiger partial charge in [0.1, 0.15) is 13.2 Å². The molecule has 0 aromatic heterocycles. The number of carbonyl (C=O) groups excluding carboxylic acids is 4. The smallest absolute Gasteiger partial charge is 0.409 e. The molecule has 12 heteroatoms. The molecule has 1 fully saturated rings. The summed E-state index contributed by atoms with van der Waals surface area (Å²) in [5, 5.41) is 0. The number of piperidine rings is 1. The van der Waals surface area contributed by atoms with Gasteiger partial charge in [0.25, 0.3) is 0 Å². The molecule has 460 valence electrons. The van der Waals surface area contributed by atoms with E-state index in [1.165, 1.54) is 103 Å². The summed E-state index contributed by atoms with van der Waals surface area (Å²) >= 11 is 0. The second kappa shape index (κ2) is 46.9. The second-order valence-electron chi connectivity index (χ2n) is 25.0. The molecular formula is C66H128N4O8. The quantitative estimate of drug-likeness (QED) is 0.0331. The van der Waals surface area contributed by atoms with Crippen LogP contribution in [0.4, 0.5) is 9.59 Å². The number of carbonyl (C=O) groups is 4. The molecule has 1 saturated heterocycles. The number of unbranched alkanes of at least 4 members (excludes halogenated alkanes) is 20. The van der Waals surface area contributed by atoms with Crippen LogP contribution >= 0.6 is 0 Å². The minimum Gasteiger partial charge on any atom is -0.465 e. The van der Waals surface area contributed by atoms with Gasteiger partial charge in [-0.15, -0.1) is 0 Å². The third kappa shape index (κ3) is 36.0. The molecule has 0 atom stereocenters. The molecule has 78 heavy (non-hydrogen) atoms. The average Bonchev–Trinajstić information content (AvgIpc) is 3.40. The first-order valence-electron chi connectivity index (χ1n) is 33.2. The first-order valence-corrected chi connectivity index (χ1v) is 33.2. The molecule has 0 N–H and O–H groups in total. The van der Waals surface area contributed by atoms with Crippen LogP contribution in [0.2, 0.25) is 0 Å². The number of nitrogens with zero attached hydrogens (tertiary/aromatic N) is 4. The predicted octanol–water partition coefficient (Wildman–Crippen LogP) is 17.5. The van der Waals surface area contributed by atoms with Crippen LogP contribution in [0.25, 0.3) is 0 Å². The van der Waals surface area contributed by atoms with E-state index in [0.29, 0.717) is 77.2 Å². The Kier molecular flexibility index (Phi) is 44.2. The molecule has 1 rings (SSSR count). The maximum Gasteiger partial charge on any atom is 0.409 e. The second-order valence-corrected chi connectivity index (χ2v) is 25.0. The van der Waals surface area contributed by atoms with Gasteiger partial charge in [0.15, 0.2) is 0 Å². The predicted molar refractivity (Wildman–Crippen MR) is 326 cm³/mol. The SMILES string of the molecule is CCCCCCCN(CCCCCC(=O)OCC(CCCCC)CCCCC)C(=O)OCCN(CCOC(=O)N(CCCCCCC)CCCCCC(=O)OCC(CCCCC)CCCCC)C1CC(C)(C)N(C)C(C)(C)C1. The molecule has 0 aromatic rings. The maximum absolute atomic E-state index is 13.9. The minimum atomic E-state index is -0.270. The first-order chi connectivity index (χ1) is 37.6. The molecule has 0 aromatic carbocycles. The fraction of sp³-hybridized carbons (Fsp3) is 0.939. The lowest BCUT2D eigenvalue weighted by Gasteiger charge is -2.55. The first kappa shape index (κ1) is 73.4. The molecule has 1 heterocycles. The zero-order valence-corrected chi connectivity index (χ0v) is 53.3. The summed E-state index contributed by atoms with van der Waals surface area (Å²) in [6.07, 6.45) is 37.3. The summed E-state index contributed by atoms with van der Waals surface area (Å²) in [4.78, 5) is 62.1. The summed E-state index contributed by atoms with van der Waals surface area (Å²) < 4.78 is 23.9. The molecule has 12 nitrogen and oxygen atoms in total. The normalized spacial score (nSPS) is 14.6. The van der Waals surface area contributed by atoms with E-state index in [1.54, 1.807) is 0 Å². The highest BCUT2D eigenvalue weighted by Crippen LogP contribution is 2.39. The van der Waals surface area contributed by atoms with Crippen LogP contribution in [-0.2, 0) is 28.5 Å². The summed E-state index contributed by atoms with van der Waals surface area (Å²) in [5.41, 5.74) is -0.102. The number of ether oxygens (including phenoxy) is 4. The van der Waals surface area contributed by atoms with Crippen molar-refractivity contribution in [3.8, 4) is 0 Å². The zero-order valence-electron chi connectivity index (χ0n) is 53.3. The number of hydrogen-bond acceptors (Lipinski definition) is 10. The third-order valence-corrected chi connectivity index (χ3v) is 17.0. The number of hydrogen-bond donors (Lipinski definition) is 0. The van der Waals surface area contributed by atoms with E-state index in [0.717, 1.165) is 116 Å². The molecule has 1 aliphatic rings. The maximum atomic E-state index is 13.9. The van der Waals surface area contributed by atoms with Gasteiger partial charge in [-0.25, -0.2) is 9.59 Å². The largest absolute Gasteiger partial charge is 0.465 e. The van der Waals surface area contributed by atoms with Gasteiger partial charge in [0.05, 0.1) is 13.2 Å². The molecule has 0 saturated carbocycles. The van der Waals surface area contributed by atoms with Crippen molar-refractivity contribution in [3.63, 3.8) is 0 Å². The van der Waals surface area contributed by atoms with Crippen LogP contribution in [0.3, 0.4) is 0 Å². The van der Waals surface area contributed by atoms with E-state index >= 15 is 0 Å². The van der Waals surface area contributed by atoms with E-state index in [9.17, 15) is 19.2 Å². The lowest BCUT2D eigenvalue weighted by atomic mass is 9.77. The van der Waals surface area contributed by atoms with Gasteiger partial charge in [-0.05, 0) is 124 Å². The minimum absolute atomic E-state index is 0.0511. The molecule has 0 unspecified atom stereocenters. The van der Waals surface area contributed by atoms with Crippen LogP contribution in [-0.4, -0.2) is 134 Å². The average molecular weight is 1110 g/mol. The van der Waals surface area contributed by atoms with Crippen LogP contribution in [0.15, 0.2) is 0 Å². The van der Waals surface area contributed by atoms with Gasteiger partial charge in [-0.3, -0.25) is 19.4 Å². The Morgan fingerprint density at radius 2 is 0.705 bits per heavy atom. The zero-order chi connectivity index (χ0) is 57.7. The van der Waals surface area contributed by atoms with E-state index in [4.69, 9.17) is 18.9 Å². The highest BCUT2D eigenvalue weighted by Gasteiger charge is 2.44. The van der Waals surface area contributed by atoms with Crippen LogP contribution < -0.4 is 0 Å². The third-order valence-electron chi connectivity index (χ3n) is 17.0. The van der Waals surface area contributed by atoms with Crippen molar-refractivity contribution >= 4 is 24.1 Å². The summed E-state index contributed by atoms with van der Waals surface area (Å²) in [6, 6.07) is 0.215. The van der Waals surface area contributed by atoms with Gasteiger partial charge in [-0.1, -0.05) is 183 Å². The fourth-order valence-corrected chi connectivity index (χ4v) is 11.6. The van der Waals surface area contributed by atoms with E-state index in [2.05, 4.69) is 86.1 Å². The summed E-state index contributed by atoms with van der Waals surface area (Å²) in [5.74, 6) is 0.729. The summed E-state index contributed by atoms with van der Waals surface area (Å²) in [7, 11) is 2.22. The van der Waals surface area contributed by atoms with Crippen molar-refractivity contribution in [2.45, 2.75) is 318 Å². The molecular weight excluding hydrogens is 977 g/mol. The molecule has 0 bridgehead atoms. The Labute approximate surface area is 482 Å². The van der Waals surface area contributed by atoms with Gasteiger partial charge in [0.2, 0.25) is 0 Å². The Bertz CT molecular complexity index is 1350. The standard InChI is InChI=1S/C66H128N4O8/c1-12-18-24-26-36-46-69(48-38-28-34-44-61(71)77-56-58(40-30-20-14-3)41-31-21-15-4)63(73)75-52-50-68(60-54-65(7,8)67(11)66(9,10)55-60)51-53-76-64(74)70(47-37-27-25-19-13-2)49-39-29-35-45-62(72)78-57-59(42-32-22-16-5)43-33-23-17-6/h58-60H,12-57H2,1-11H3. The summed E-state index contributed by atoms with van der Waals surface area (Å²) in [6.45, 7) is 27.8. The highest BCUT2D eigenvalue weighted by atomic mass is 16.6. The van der Waals surface area contributed by atoms with Crippen molar-refractivity contribution < 1.29 is 38.1 Å². The van der Waals surface area contributed by atoms with Gasteiger partial charge >= 0.3 is 24.1 Å².